The third kappa shape index (κ3) is 3.22. The molecule has 5 N–H and O–H groups in total. The lowest BCUT2D eigenvalue weighted by Gasteiger charge is -2.10. The van der Waals surface area contributed by atoms with E-state index in [1.165, 1.54) is 18.2 Å². The largest absolute Gasteiger partial charge is 0.397 e. The minimum Gasteiger partial charge on any atom is -0.397 e. The highest BCUT2D eigenvalue weighted by Crippen LogP contribution is 2.20. The number of anilines is 2. The third-order valence-corrected chi connectivity index (χ3v) is 2.73. The van der Waals surface area contributed by atoms with Crippen molar-refractivity contribution >= 4 is 17.3 Å². The molecule has 0 saturated heterocycles. The molecule has 0 atom stereocenters. The van der Waals surface area contributed by atoms with Crippen LogP contribution in [-0.2, 0) is 6.54 Å². The average Bonchev–Trinajstić information content (AvgIpc) is 2.39. The fourth-order valence-electron chi connectivity index (χ4n) is 1.68. The van der Waals surface area contributed by atoms with Crippen molar-refractivity contribution < 1.29 is 9.18 Å². The number of carbonyl (C=O) groups is 1. The maximum absolute atomic E-state index is 12.7. The van der Waals surface area contributed by atoms with E-state index in [1.807, 2.05) is 0 Å². The molecule has 0 fully saturated rings. The van der Waals surface area contributed by atoms with Gasteiger partial charge in [0, 0.05) is 12.1 Å². The van der Waals surface area contributed by atoms with Gasteiger partial charge in [0.2, 0.25) is 5.91 Å². The summed E-state index contributed by atoms with van der Waals surface area (Å²) in [5, 5.41) is 3.12. The first kappa shape index (κ1) is 12.9. The van der Waals surface area contributed by atoms with Crippen LogP contribution in [0.1, 0.15) is 15.9 Å². The summed E-state index contributed by atoms with van der Waals surface area (Å²) in [6.07, 6.45) is 0. The summed E-state index contributed by atoms with van der Waals surface area (Å²) in [6.45, 7) is 0.514. The molecular formula is C14H14FN3O. The molecule has 1 amide bonds. The first-order valence-corrected chi connectivity index (χ1v) is 5.74. The van der Waals surface area contributed by atoms with E-state index in [2.05, 4.69) is 5.32 Å². The lowest BCUT2D eigenvalue weighted by molar-refractivity contribution is 0.100. The van der Waals surface area contributed by atoms with Gasteiger partial charge in [-0.3, -0.25) is 4.79 Å². The van der Waals surface area contributed by atoms with E-state index < -0.39 is 5.91 Å². The van der Waals surface area contributed by atoms with Crippen molar-refractivity contribution in [3.05, 3.63) is 59.4 Å². The second kappa shape index (κ2) is 5.39. The Hall–Kier alpha value is -2.56. The number of primary amides is 1. The molecule has 98 valence electrons. The molecule has 0 bridgehead atoms. The number of carbonyl (C=O) groups excluding carboxylic acids is 1. The Morgan fingerprint density at radius 3 is 2.42 bits per heavy atom. The Kier molecular flexibility index (Phi) is 3.66. The molecule has 0 unspecified atom stereocenters. The Morgan fingerprint density at radius 2 is 1.84 bits per heavy atom. The molecule has 0 saturated carbocycles. The van der Waals surface area contributed by atoms with E-state index >= 15 is 0 Å². The molecule has 0 spiro atoms. The van der Waals surface area contributed by atoms with Gasteiger partial charge in [-0.15, -0.1) is 0 Å². The lowest BCUT2D eigenvalue weighted by Crippen LogP contribution is -2.12. The summed E-state index contributed by atoms with van der Waals surface area (Å²) >= 11 is 0. The predicted octanol–water partition coefficient (Wildman–Crippen LogP) is 2.12. The fraction of sp³-hybridized carbons (Fsp3) is 0.0714. The Bertz CT molecular complexity index is 596. The number of halogens is 1. The number of nitrogens with one attached hydrogen (secondary N) is 1. The highest BCUT2D eigenvalue weighted by Gasteiger charge is 2.04. The van der Waals surface area contributed by atoms with E-state index in [0.29, 0.717) is 23.5 Å². The van der Waals surface area contributed by atoms with Gasteiger partial charge < -0.3 is 16.8 Å². The van der Waals surface area contributed by atoms with Crippen LogP contribution in [0.3, 0.4) is 0 Å². The number of nitrogens with two attached hydrogens (primary N) is 2. The lowest BCUT2D eigenvalue weighted by atomic mass is 10.1. The standard InChI is InChI=1S/C14H14FN3O/c15-11-4-1-9(2-5-11)8-18-13-6-3-10(14(17)19)7-12(13)16/h1-7,18H,8,16H2,(H2,17,19). The molecule has 2 rings (SSSR count). The third-order valence-electron chi connectivity index (χ3n) is 2.73. The van der Waals surface area contributed by atoms with E-state index in [9.17, 15) is 9.18 Å². The quantitative estimate of drug-likeness (QED) is 0.736. The zero-order valence-electron chi connectivity index (χ0n) is 10.2. The normalized spacial score (nSPS) is 10.2. The van der Waals surface area contributed by atoms with Crippen molar-refractivity contribution in [1.82, 2.24) is 0 Å². The van der Waals surface area contributed by atoms with Gasteiger partial charge in [0.15, 0.2) is 0 Å². The molecule has 0 aliphatic heterocycles. The zero-order chi connectivity index (χ0) is 13.8. The van der Waals surface area contributed by atoms with Crippen molar-refractivity contribution in [3.63, 3.8) is 0 Å². The average molecular weight is 259 g/mol. The number of rotatable bonds is 4. The molecule has 0 radical (unpaired) electrons. The van der Waals surface area contributed by atoms with Crippen molar-refractivity contribution in [3.8, 4) is 0 Å². The Labute approximate surface area is 110 Å². The van der Waals surface area contributed by atoms with Crippen molar-refractivity contribution in [2.75, 3.05) is 11.1 Å². The van der Waals surface area contributed by atoms with Crippen LogP contribution in [0.5, 0.6) is 0 Å². The fourth-order valence-corrected chi connectivity index (χ4v) is 1.68. The summed E-state index contributed by atoms with van der Waals surface area (Å²) in [6, 6.07) is 11.0. The van der Waals surface area contributed by atoms with E-state index in [4.69, 9.17) is 11.5 Å². The monoisotopic (exact) mass is 259 g/mol. The van der Waals surface area contributed by atoms with E-state index in [0.717, 1.165) is 5.56 Å². The van der Waals surface area contributed by atoms with Gasteiger partial charge in [-0.2, -0.15) is 0 Å². The Morgan fingerprint density at radius 1 is 1.16 bits per heavy atom. The van der Waals surface area contributed by atoms with Gasteiger partial charge in [0.25, 0.3) is 0 Å². The Balaban J connectivity index is 2.07. The predicted molar refractivity (Wildman–Crippen MR) is 73.1 cm³/mol. The SMILES string of the molecule is NC(=O)c1ccc(NCc2ccc(F)cc2)c(N)c1. The van der Waals surface area contributed by atoms with Crippen LogP contribution < -0.4 is 16.8 Å². The first-order chi connectivity index (χ1) is 9.06. The molecule has 4 nitrogen and oxygen atoms in total. The van der Waals surface area contributed by atoms with Crippen molar-refractivity contribution in [2.24, 2.45) is 5.73 Å². The first-order valence-electron chi connectivity index (χ1n) is 5.74. The van der Waals surface area contributed by atoms with Gasteiger partial charge in [-0.1, -0.05) is 12.1 Å². The van der Waals surface area contributed by atoms with Crippen LogP contribution in [0.4, 0.5) is 15.8 Å². The van der Waals surface area contributed by atoms with Gasteiger partial charge in [-0.05, 0) is 35.9 Å². The molecule has 2 aromatic carbocycles. The van der Waals surface area contributed by atoms with Crippen LogP contribution in [0.15, 0.2) is 42.5 Å². The van der Waals surface area contributed by atoms with Gasteiger partial charge in [0.05, 0.1) is 11.4 Å². The molecule has 0 aliphatic carbocycles. The molecule has 0 heterocycles. The number of hydrogen-bond donors (Lipinski definition) is 3. The van der Waals surface area contributed by atoms with Crippen LogP contribution in [-0.4, -0.2) is 5.91 Å². The minimum absolute atomic E-state index is 0.269. The van der Waals surface area contributed by atoms with Gasteiger partial charge in [-0.25, -0.2) is 4.39 Å². The highest BCUT2D eigenvalue weighted by atomic mass is 19.1. The number of nitrogen functional groups attached to an aromatic ring is 1. The summed E-state index contributed by atoms with van der Waals surface area (Å²) in [4.78, 5) is 11.0. The van der Waals surface area contributed by atoms with Crippen molar-refractivity contribution in [1.29, 1.82) is 0 Å². The summed E-state index contributed by atoms with van der Waals surface area (Å²) in [7, 11) is 0. The topological polar surface area (TPSA) is 81.1 Å². The van der Waals surface area contributed by atoms with Gasteiger partial charge >= 0.3 is 0 Å². The smallest absolute Gasteiger partial charge is 0.248 e. The second-order valence-corrected chi connectivity index (χ2v) is 4.15. The van der Waals surface area contributed by atoms with Crippen LogP contribution >= 0.6 is 0 Å². The van der Waals surface area contributed by atoms with Crippen LogP contribution in [0, 0.1) is 5.82 Å². The molecule has 0 aromatic heterocycles. The number of hydrogen-bond acceptors (Lipinski definition) is 3. The summed E-state index contributed by atoms with van der Waals surface area (Å²) in [5.41, 5.74) is 13.4. The maximum Gasteiger partial charge on any atom is 0.248 e. The second-order valence-electron chi connectivity index (χ2n) is 4.15. The minimum atomic E-state index is -0.517. The van der Waals surface area contributed by atoms with Crippen LogP contribution in [0.25, 0.3) is 0 Å². The maximum atomic E-state index is 12.7. The summed E-state index contributed by atoms with van der Waals surface area (Å²) in [5.74, 6) is -0.786. The van der Waals surface area contributed by atoms with Crippen LogP contribution in [0.2, 0.25) is 0 Å². The van der Waals surface area contributed by atoms with E-state index in [-0.39, 0.29) is 5.82 Å². The number of amides is 1. The highest BCUT2D eigenvalue weighted by molar-refractivity contribution is 5.94. The summed E-state index contributed by atoms with van der Waals surface area (Å²) < 4.78 is 12.7. The van der Waals surface area contributed by atoms with E-state index in [1.54, 1.807) is 24.3 Å². The van der Waals surface area contributed by atoms with Gasteiger partial charge in [0.1, 0.15) is 5.82 Å². The molecule has 5 heteroatoms. The zero-order valence-corrected chi connectivity index (χ0v) is 10.2. The molecule has 19 heavy (non-hydrogen) atoms. The molecule has 0 aliphatic rings. The molecular weight excluding hydrogens is 245 g/mol. The molecule has 2 aromatic rings. The number of benzene rings is 2. The van der Waals surface area contributed by atoms with Crippen molar-refractivity contribution in [2.45, 2.75) is 6.54 Å².